The van der Waals surface area contributed by atoms with Crippen molar-refractivity contribution >= 4 is 5.91 Å². The number of hydrogen-bond donors (Lipinski definition) is 1. The van der Waals surface area contributed by atoms with E-state index in [-0.39, 0.29) is 30.9 Å². The van der Waals surface area contributed by atoms with Crippen LogP contribution < -0.4 is 0 Å². The molecule has 1 N–H and O–H groups in total. The summed E-state index contributed by atoms with van der Waals surface area (Å²) in [5.41, 5.74) is 1.90. The van der Waals surface area contributed by atoms with Gasteiger partial charge in [0.15, 0.2) is 0 Å². The molecule has 2 aromatic rings. The minimum Gasteiger partial charge on any atom is -0.394 e. The van der Waals surface area contributed by atoms with Crippen LogP contribution in [0.3, 0.4) is 0 Å². The second-order valence-electron chi connectivity index (χ2n) is 5.72. The van der Waals surface area contributed by atoms with Crippen molar-refractivity contribution in [1.82, 2.24) is 4.90 Å². The van der Waals surface area contributed by atoms with E-state index in [9.17, 15) is 15.2 Å². The Labute approximate surface area is 135 Å². The van der Waals surface area contributed by atoms with Gasteiger partial charge >= 0.3 is 0 Å². The van der Waals surface area contributed by atoms with E-state index >= 15 is 0 Å². The number of aliphatic hydroxyl groups is 1. The Kier molecular flexibility index (Phi) is 4.40. The van der Waals surface area contributed by atoms with E-state index in [4.69, 9.17) is 0 Å². The van der Waals surface area contributed by atoms with Gasteiger partial charge in [0.2, 0.25) is 5.91 Å². The highest BCUT2D eigenvalue weighted by molar-refractivity contribution is 5.81. The number of likely N-dealkylation sites (tertiary alicyclic amines) is 1. The standard InChI is InChI=1S/C19H18N2O2/c20-12-16-19(15-9-5-2-6-10-15)17(13-22)21(16)18(23)11-14-7-3-1-4-8-14/h1-10,16-17,19,22H,11,13H2/t16-,17-,19-/m1/s1. The quantitative estimate of drug-likeness (QED) is 0.941. The molecule has 4 heteroatoms. The highest BCUT2D eigenvalue weighted by Crippen LogP contribution is 2.40. The van der Waals surface area contributed by atoms with Crippen molar-refractivity contribution in [2.75, 3.05) is 6.61 Å². The van der Waals surface area contributed by atoms with Gasteiger partial charge in [-0.3, -0.25) is 4.79 Å². The molecular weight excluding hydrogens is 288 g/mol. The number of hydrogen-bond acceptors (Lipinski definition) is 3. The van der Waals surface area contributed by atoms with Crippen molar-refractivity contribution in [1.29, 1.82) is 5.26 Å². The lowest BCUT2D eigenvalue weighted by Crippen LogP contribution is -2.65. The van der Waals surface area contributed by atoms with Gasteiger partial charge in [-0.1, -0.05) is 60.7 Å². The van der Waals surface area contributed by atoms with E-state index in [2.05, 4.69) is 6.07 Å². The number of aliphatic hydroxyl groups excluding tert-OH is 1. The number of carbonyl (C=O) groups excluding carboxylic acids is 1. The summed E-state index contributed by atoms with van der Waals surface area (Å²) in [7, 11) is 0. The Morgan fingerprint density at radius 2 is 1.70 bits per heavy atom. The Balaban J connectivity index is 1.80. The van der Waals surface area contributed by atoms with E-state index in [0.717, 1.165) is 11.1 Å². The van der Waals surface area contributed by atoms with Crippen LogP contribution in [0, 0.1) is 11.3 Å². The van der Waals surface area contributed by atoms with Gasteiger partial charge in [-0.25, -0.2) is 0 Å². The van der Waals surface area contributed by atoms with Gasteiger partial charge in [0.25, 0.3) is 0 Å². The van der Waals surface area contributed by atoms with Gasteiger partial charge in [0, 0.05) is 5.92 Å². The Hall–Kier alpha value is -2.64. The normalized spacial score (nSPS) is 23.0. The minimum absolute atomic E-state index is 0.117. The van der Waals surface area contributed by atoms with Crippen molar-refractivity contribution < 1.29 is 9.90 Å². The summed E-state index contributed by atoms with van der Waals surface area (Å²) in [4.78, 5) is 14.1. The number of carbonyl (C=O) groups is 1. The van der Waals surface area contributed by atoms with Crippen LogP contribution in [0.1, 0.15) is 17.0 Å². The van der Waals surface area contributed by atoms with E-state index in [1.165, 1.54) is 4.90 Å². The van der Waals surface area contributed by atoms with E-state index in [1.54, 1.807) is 0 Å². The van der Waals surface area contributed by atoms with Crippen molar-refractivity contribution in [2.24, 2.45) is 0 Å². The van der Waals surface area contributed by atoms with Crippen LogP contribution in [0.5, 0.6) is 0 Å². The van der Waals surface area contributed by atoms with Crippen molar-refractivity contribution in [2.45, 2.75) is 24.4 Å². The first-order valence-corrected chi connectivity index (χ1v) is 7.66. The average molecular weight is 306 g/mol. The molecule has 0 spiro atoms. The highest BCUT2D eigenvalue weighted by atomic mass is 16.3. The van der Waals surface area contributed by atoms with Gasteiger partial charge in [-0.05, 0) is 11.1 Å². The molecule has 2 aromatic carbocycles. The van der Waals surface area contributed by atoms with Crippen LogP contribution in [0.15, 0.2) is 60.7 Å². The first-order chi connectivity index (χ1) is 11.3. The molecule has 3 atom stereocenters. The maximum Gasteiger partial charge on any atom is 0.228 e. The van der Waals surface area contributed by atoms with Gasteiger partial charge in [0.1, 0.15) is 6.04 Å². The zero-order valence-corrected chi connectivity index (χ0v) is 12.7. The monoisotopic (exact) mass is 306 g/mol. The second-order valence-corrected chi connectivity index (χ2v) is 5.72. The summed E-state index contributed by atoms with van der Waals surface area (Å²) in [6.07, 6.45) is 0.247. The van der Waals surface area contributed by atoms with Crippen molar-refractivity contribution in [3.8, 4) is 6.07 Å². The zero-order valence-electron chi connectivity index (χ0n) is 12.7. The highest BCUT2D eigenvalue weighted by Gasteiger charge is 2.51. The number of nitriles is 1. The molecule has 23 heavy (non-hydrogen) atoms. The molecule has 0 aromatic heterocycles. The molecule has 1 heterocycles. The first kappa shape index (κ1) is 15.3. The summed E-state index contributed by atoms with van der Waals surface area (Å²) in [5.74, 6) is -0.250. The summed E-state index contributed by atoms with van der Waals surface area (Å²) in [5, 5.41) is 19.2. The predicted octanol–water partition coefficient (Wildman–Crippen LogP) is 2.11. The lowest BCUT2D eigenvalue weighted by molar-refractivity contribution is -0.146. The van der Waals surface area contributed by atoms with Crippen LogP contribution in [-0.4, -0.2) is 34.6 Å². The molecule has 0 saturated carbocycles. The lowest BCUT2D eigenvalue weighted by Gasteiger charge is -2.51. The molecule has 0 radical (unpaired) electrons. The summed E-state index contributed by atoms with van der Waals surface area (Å²) in [6.45, 7) is -0.141. The molecule has 0 unspecified atom stereocenters. The van der Waals surface area contributed by atoms with Crippen LogP contribution >= 0.6 is 0 Å². The molecule has 1 amide bonds. The average Bonchev–Trinajstić information content (AvgIpc) is 2.56. The molecule has 1 aliphatic heterocycles. The number of benzene rings is 2. The van der Waals surface area contributed by atoms with Crippen LogP contribution in [0.25, 0.3) is 0 Å². The maximum absolute atomic E-state index is 12.6. The van der Waals surface area contributed by atoms with Crippen LogP contribution in [0.4, 0.5) is 0 Å². The van der Waals surface area contributed by atoms with E-state index < -0.39 is 6.04 Å². The molecule has 1 fully saturated rings. The SMILES string of the molecule is N#C[C@@H]1[C@@H](c2ccccc2)[C@@H](CO)N1C(=O)Cc1ccccc1. The van der Waals surface area contributed by atoms with E-state index in [1.807, 2.05) is 60.7 Å². The Morgan fingerprint density at radius 3 is 2.26 bits per heavy atom. The maximum atomic E-state index is 12.6. The molecule has 3 rings (SSSR count). The van der Waals surface area contributed by atoms with Crippen molar-refractivity contribution in [3.63, 3.8) is 0 Å². The molecule has 116 valence electrons. The molecule has 4 nitrogen and oxygen atoms in total. The summed E-state index contributed by atoms with van der Waals surface area (Å²) < 4.78 is 0. The number of nitrogens with zero attached hydrogens (tertiary/aromatic N) is 2. The zero-order chi connectivity index (χ0) is 16.2. The van der Waals surface area contributed by atoms with Gasteiger partial charge in [0.05, 0.1) is 25.1 Å². The fourth-order valence-corrected chi connectivity index (χ4v) is 3.29. The van der Waals surface area contributed by atoms with Gasteiger partial charge in [-0.2, -0.15) is 5.26 Å². The topological polar surface area (TPSA) is 64.3 Å². The van der Waals surface area contributed by atoms with Crippen molar-refractivity contribution in [3.05, 3.63) is 71.8 Å². The molecule has 1 saturated heterocycles. The molecular formula is C19H18N2O2. The van der Waals surface area contributed by atoms with Crippen LogP contribution in [-0.2, 0) is 11.2 Å². The fraction of sp³-hybridized carbons (Fsp3) is 0.263. The van der Waals surface area contributed by atoms with E-state index in [0.29, 0.717) is 0 Å². The first-order valence-electron chi connectivity index (χ1n) is 7.66. The predicted molar refractivity (Wildman–Crippen MR) is 86.4 cm³/mol. The number of rotatable bonds is 4. The number of amides is 1. The largest absolute Gasteiger partial charge is 0.394 e. The molecule has 1 aliphatic rings. The fourth-order valence-electron chi connectivity index (χ4n) is 3.29. The Morgan fingerprint density at radius 1 is 1.09 bits per heavy atom. The summed E-state index contributed by atoms with van der Waals surface area (Å²) in [6, 6.07) is 20.4. The Bertz CT molecular complexity index is 709. The molecule has 0 aliphatic carbocycles. The lowest BCUT2D eigenvalue weighted by atomic mass is 9.75. The summed E-state index contributed by atoms with van der Waals surface area (Å²) >= 11 is 0. The minimum atomic E-state index is -0.522. The van der Waals surface area contributed by atoms with Crippen LogP contribution in [0.2, 0.25) is 0 Å². The van der Waals surface area contributed by atoms with Gasteiger partial charge in [-0.15, -0.1) is 0 Å². The third kappa shape index (κ3) is 2.84. The van der Waals surface area contributed by atoms with Gasteiger partial charge < -0.3 is 10.0 Å². The third-order valence-corrected chi connectivity index (χ3v) is 4.40. The second kappa shape index (κ2) is 6.64. The smallest absolute Gasteiger partial charge is 0.228 e. The molecule has 0 bridgehead atoms. The third-order valence-electron chi connectivity index (χ3n) is 4.40.